The topological polar surface area (TPSA) is 86.2 Å². The second kappa shape index (κ2) is 15.2. The molecule has 2 bridgehead atoms. The van der Waals surface area contributed by atoms with Crippen molar-refractivity contribution in [3.05, 3.63) is 23.8 Å². The molecule has 1 aliphatic carbocycles. The summed E-state index contributed by atoms with van der Waals surface area (Å²) in [5.74, 6) is 3.02. The Bertz CT molecular complexity index is 889. The molecule has 1 aliphatic heterocycles. The predicted molar refractivity (Wildman–Crippen MR) is 154 cm³/mol. The van der Waals surface area contributed by atoms with Crippen molar-refractivity contribution in [2.24, 2.45) is 35.5 Å². The van der Waals surface area contributed by atoms with Gasteiger partial charge in [-0.25, -0.2) is 0 Å². The third-order valence-corrected chi connectivity index (χ3v) is 8.86. The molecule has 1 heterocycles. The van der Waals surface area contributed by atoms with Gasteiger partial charge in [-0.2, -0.15) is 0 Å². The Balaban J connectivity index is 1.58. The molecule has 39 heavy (non-hydrogen) atoms. The summed E-state index contributed by atoms with van der Waals surface area (Å²) < 4.78 is 22.4. The van der Waals surface area contributed by atoms with E-state index in [2.05, 4.69) is 52.1 Å². The van der Waals surface area contributed by atoms with Crippen LogP contribution in [0.2, 0.25) is 0 Å². The van der Waals surface area contributed by atoms with Crippen molar-refractivity contribution < 1.29 is 28.8 Å². The zero-order valence-electron chi connectivity index (χ0n) is 25.3. The maximum atomic E-state index is 13.2. The number of ether oxygens (including phenoxy) is 4. The molecule has 0 spiro atoms. The van der Waals surface area contributed by atoms with Crippen LogP contribution < -0.4 is 14.8 Å². The maximum absolute atomic E-state index is 13.2. The molecule has 0 radical (unpaired) electrons. The molecular weight excluding hydrogens is 494 g/mol. The molecule has 2 fully saturated rings. The third kappa shape index (κ3) is 9.09. The number of hydrogen-bond donors (Lipinski definition) is 2. The van der Waals surface area contributed by atoms with Gasteiger partial charge in [-0.15, -0.1) is 0 Å². The zero-order chi connectivity index (χ0) is 28.5. The first-order valence-electron chi connectivity index (χ1n) is 15.0. The normalized spacial score (nSPS) is 23.6. The van der Waals surface area contributed by atoms with Crippen LogP contribution in [0.3, 0.4) is 0 Å². The summed E-state index contributed by atoms with van der Waals surface area (Å²) in [5.41, 5.74) is 1.20. The number of carbonyl (C=O) groups excluding carboxylic acids is 1. The van der Waals surface area contributed by atoms with E-state index in [0.717, 1.165) is 50.2 Å². The number of hydrogen-bond acceptors (Lipinski definition) is 6. The number of nitrogens with one attached hydrogen (secondary N) is 1. The van der Waals surface area contributed by atoms with Crippen molar-refractivity contribution >= 4 is 5.91 Å². The summed E-state index contributed by atoms with van der Waals surface area (Å²) in [7, 11) is 3.35. The minimum Gasteiger partial charge on any atom is -0.493 e. The van der Waals surface area contributed by atoms with Gasteiger partial charge < -0.3 is 29.4 Å². The molecule has 0 aromatic heterocycles. The van der Waals surface area contributed by atoms with Crippen LogP contribution in [0.15, 0.2) is 18.2 Å². The summed E-state index contributed by atoms with van der Waals surface area (Å²) in [6.07, 6.45) is 4.79. The second-order valence-electron chi connectivity index (χ2n) is 12.6. The Kier molecular flexibility index (Phi) is 12.4. The van der Waals surface area contributed by atoms with Crippen molar-refractivity contribution in [3.8, 4) is 11.5 Å². The van der Waals surface area contributed by atoms with Crippen molar-refractivity contribution in [2.75, 3.05) is 34.0 Å². The highest BCUT2D eigenvalue weighted by Gasteiger charge is 2.42. The first-order valence-corrected chi connectivity index (χ1v) is 15.0. The molecule has 5 unspecified atom stereocenters. The summed E-state index contributed by atoms with van der Waals surface area (Å²) in [6.45, 7) is 12.8. The van der Waals surface area contributed by atoms with Gasteiger partial charge in [0.15, 0.2) is 11.5 Å². The van der Waals surface area contributed by atoms with Gasteiger partial charge >= 0.3 is 0 Å². The molecule has 222 valence electrons. The smallest absolute Gasteiger partial charge is 0.223 e. The van der Waals surface area contributed by atoms with Gasteiger partial charge in [0.1, 0.15) is 0 Å². The summed E-state index contributed by atoms with van der Waals surface area (Å²) >= 11 is 0. The highest BCUT2D eigenvalue weighted by molar-refractivity contribution is 5.79. The second-order valence-corrected chi connectivity index (χ2v) is 12.6. The first kappa shape index (κ1) is 31.7. The zero-order valence-corrected chi connectivity index (χ0v) is 25.3. The van der Waals surface area contributed by atoms with Gasteiger partial charge in [-0.05, 0) is 79.4 Å². The number of aliphatic hydroxyl groups excluding tert-OH is 1. The Morgan fingerprint density at radius 1 is 1.05 bits per heavy atom. The Labute approximate surface area is 236 Å². The fourth-order valence-corrected chi connectivity index (χ4v) is 6.17. The van der Waals surface area contributed by atoms with Crippen molar-refractivity contribution in [2.45, 2.75) is 91.4 Å². The lowest BCUT2D eigenvalue weighted by Gasteiger charge is -2.31. The minimum atomic E-state index is -0.531. The molecule has 7 heteroatoms. The quantitative estimate of drug-likeness (QED) is 0.259. The van der Waals surface area contributed by atoms with Crippen LogP contribution in [-0.2, 0) is 20.7 Å². The third-order valence-electron chi connectivity index (χ3n) is 8.86. The maximum Gasteiger partial charge on any atom is 0.223 e. The predicted octanol–water partition coefficient (Wildman–Crippen LogP) is 5.27. The van der Waals surface area contributed by atoms with Crippen molar-refractivity contribution in [1.29, 1.82) is 0 Å². The standard InChI is InChI=1S/C32H53NO6/c1-20(2)25(14-23-9-10-29(37-7)31(16-23)38-12-8-11-36-6)13-22(5)28(34)18-26(21(3)4)32(35)33-27-15-24-17-30(27)39-19-24/h9-10,16,20-22,24-28,30,34H,8,11-15,17-19H2,1-7H3,(H,33,35)/t22-,24?,25+,26?,27?,28?,30?/m0/s1. The van der Waals surface area contributed by atoms with Crippen LogP contribution in [0.5, 0.6) is 11.5 Å². The molecule has 7 nitrogen and oxygen atoms in total. The number of aliphatic hydroxyl groups is 1. The Morgan fingerprint density at radius 3 is 2.41 bits per heavy atom. The SMILES string of the molecule is COCCCOc1cc(C[C@@H](C[C@H](C)C(O)CC(C(=O)NC2CC3COC2C3)C(C)C)C(C)C)ccc1OC. The lowest BCUT2D eigenvalue weighted by Crippen LogP contribution is -2.46. The van der Waals surface area contributed by atoms with Gasteiger partial charge in [0.05, 0.1) is 38.6 Å². The van der Waals surface area contributed by atoms with Gasteiger partial charge in [-0.3, -0.25) is 4.79 Å². The highest BCUT2D eigenvalue weighted by Crippen LogP contribution is 2.36. The van der Waals surface area contributed by atoms with Crippen LogP contribution in [0, 0.1) is 35.5 Å². The number of benzene rings is 1. The van der Waals surface area contributed by atoms with E-state index in [1.807, 2.05) is 6.07 Å². The summed E-state index contributed by atoms with van der Waals surface area (Å²) in [5, 5.41) is 14.5. The van der Waals surface area contributed by atoms with Crippen molar-refractivity contribution in [1.82, 2.24) is 5.32 Å². The molecule has 2 N–H and O–H groups in total. The molecule has 1 amide bonds. The molecule has 3 rings (SSSR count). The van der Waals surface area contributed by atoms with Crippen molar-refractivity contribution in [3.63, 3.8) is 0 Å². The lowest BCUT2D eigenvalue weighted by molar-refractivity contribution is -0.129. The van der Waals surface area contributed by atoms with E-state index in [1.54, 1.807) is 14.2 Å². The molecule has 1 aromatic carbocycles. The molecule has 7 atom stereocenters. The largest absolute Gasteiger partial charge is 0.493 e. The van der Waals surface area contributed by atoms with Crippen LogP contribution in [0.25, 0.3) is 0 Å². The number of methoxy groups -OCH3 is 2. The van der Waals surface area contributed by atoms with Crippen LogP contribution in [-0.4, -0.2) is 63.3 Å². The number of carbonyl (C=O) groups is 1. The fraction of sp³-hybridized carbons (Fsp3) is 0.781. The van der Waals surface area contributed by atoms with E-state index in [4.69, 9.17) is 18.9 Å². The Morgan fingerprint density at radius 2 is 1.82 bits per heavy atom. The van der Waals surface area contributed by atoms with Gasteiger partial charge in [0.2, 0.25) is 5.91 Å². The average molecular weight is 548 g/mol. The molecular formula is C32H53NO6. The minimum absolute atomic E-state index is 0.0640. The summed E-state index contributed by atoms with van der Waals surface area (Å²) in [6, 6.07) is 6.29. The number of rotatable bonds is 17. The van der Waals surface area contributed by atoms with E-state index < -0.39 is 6.10 Å². The van der Waals surface area contributed by atoms with Gasteiger partial charge in [0.25, 0.3) is 0 Å². The van der Waals surface area contributed by atoms with E-state index in [9.17, 15) is 9.90 Å². The van der Waals surface area contributed by atoms with Crippen LogP contribution in [0.1, 0.15) is 72.3 Å². The fourth-order valence-electron chi connectivity index (χ4n) is 6.17. The number of amides is 1. The van der Waals surface area contributed by atoms with Gasteiger partial charge in [0, 0.05) is 26.1 Å². The molecule has 1 saturated heterocycles. The average Bonchev–Trinajstić information content (AvgIpc) is 3.52. The molecule has 1 aromatic rings. The first-order chi connectivity index (χ1) is 18.6. The van der Waals surface area contributed by atoms with E-state index in [-0.39, 0.29) is 35.8 Å². The highest BCUT2D eigenvalue weighted by atomic mass is 16.5. The number of fused-ring (bicyclic) bond motifs is 2. The monoisotopic (exact) mass is 547 g/mol. The lowest BCUT2D eigenvalue weighted by atomic mass is 9.78. The van der Waals surface area contributed by atoms with Crippen LogP contribution >= 0.6 is 0 Å². The van der Waals surface area contributed by atoms with Gasteiger partial charge in [-0.1, -0.05) is 40.7 Å². The van der Waals surface area contributed by atoms with E-state index in [1.165, 1.54) is 5.56 Å². The Hall–Kier alpha value is -1.83. The van der Waals surface area contributed by atoms with E-state index >= 15 is 0 Å². The molecule has 1 saturated carbocycles. The summed E-state index contributed by atoms with van der Waals surface area (Å²) in [4.78, 5) is 13.2. The van der Waals surface area contributed by atoms with E-state index in [0.29, 0.717) is 37.4 Å². The molecule has 2 aliphatic rings. The van der Waals surface area contributed by atoms with Crippen LogP contribution in [0.4, 0.5) is 0 Å².